The molecule has 1 aromatic rings. The zero-order valence-electron chi connectivity index (χ0n) is 15.2. The monoisotopic (exact) mass is 435 g/mol. The topological polar surface area (TPSA) is 124 Å². The predicted molar refractivity (Wildman–Crippen MR) is 99.7 cm³/mol. The molecule has 4 N–H and O–H groups in total. The van der Waals surface area contributed by atoms with Crippen molar-refractivity contribution in [2.24, 2.45) is 11.5 Å². The Hall–Kier alpha value is -1.59. The molecular weight excluding hydrogens is 412 g/mol. The van der Waals surface area contributed by atoms with Crippen LogP contribution in [0.5, 0.6) is 0 Å². The number of carbonyl (C=O) groups excluding carboxylic acids is 2. The van der Waals surface area contributed by atoms with Gasteiger partial charge in [-0.3, -0.25) is 9.59 Å². The molecule has 2 aliphatic rings. The number of hydrogen-bond acceptors (Lipinski definition) is 5. The average Bonchev–Trinajstić information content (AvgIpc) is 3.09. The van der Waals surface area contributed by atoms with Gasteiger partial charge in [0, 0.05) is 30.8 Å². The number of hydrogen-bond donors (Lipinski definition) is 2. The summed E-state index contributed by atoms with van der Waals surface area (Å²) >= 11 is 0.746. The standard InChI is InChI=1S/C17H23F2N3O4S2/c18-17(19)6-4-16(5-7-17,15(21)24)13-11(14(20)23)10-12(27-13)28(25,26)22-8-2-1-3-9-22/h10H,1-9H2,(H2,20,23)(H2,21,24). The second-order valence-corrected chi connectivity index (χ2v) is 10.7. The Morgan fingerprint density at radius 3 is 2.11 bits per heavy atom. The molecule has 0 spiro atoms. The zero-order chi connectivity index (χ0) is 20.7. The second kappa shape index (κ2) is 7.34. The Morgan fingerprint density at radius 2 is 1.61 bits per heavy atom. The maximum atomic E-state index is 13.7. The van der Waals surface area contributed by atoms with Crippen LogP contribution in [-0.2, 0) is 20.2 Å². The van der Waals surface area contributed by atoms with Crippen LogP contribution in [0.3, 0.4) is 0 Å². The van der Waals surface area contributed by atoms with E-state index >= 15 is 0 Å². The highest BCUT2D eigenvalue weighted by Crippen LogP contribution is 2.49. The Labute approximate surface area is 166 Å². The van der Waals surface area contributed by atoms with Gasteiger partial charge >= 0.3 is 0 Å². The summed E-state index contributed by atoms with van der Waals surface area (Å²) in [5.41, 5.74) is 9.34. The number of carbonyl (C=O) groups is 2. The molecule has 0 bridgehead atoms. The largest absolute Gasteiger partial charge is 0.369 e. The van der Waals surface area contributed by atoms with Crippen molar-refractivity contribution < 1.29 is 26.8 Å². The number of primary amides is 2. The van der Waals surface area contributed by atoms with Crippen LogP contribution in [0.1, 0.15) is 60.2 Å². The third kappa shape index (κ3) is 3.67. The molecule has 1 saturated carbocycles. The van der Waals surface area contributed by atoms with Crippen LogP contribution in [-0.4, -0.2) is 43.5 Å². The van der Waals surface area contributed by atoms with Gasteiger partial charge in [-0.15, -0.1) is 11.3 Å². The van der Waals surface area contributed by atoms with E-state index in [-0.39, 0.29) is 27.5 Å². The van der Waals surface area contributed by atoms with Crippen molar-refractivity contribution in [2.45, 2.75) is 60.5 Å². The summed E-state index contributed by atoms with van der Waals surface area (Å²) in [6.07, 6.45) is 0.743. The molecular formula is C17H23F2N3O4S2. The normalized spacial score (nSPS) is 22.6. The number of sulfonamides is 1. The highest BCUT2D eigenvalue weighted by molar-refractivity contribution is 7.91. The molecule has 28 heavy (non-hydrogen) atoms. The van der Waals surface area contributed by atoms with Gasteiger partial charge in [-0.25, -0.2) is 17.2 Å². The lowest BCUT2D eigenvalue weighted by Gasteiger charge is -2.37. The number of nitrogens with two attached hydrogens (primary N) is 2. The molecule has 1 aromatic heterocycles. The van der Waals surface area contributed by atoms with E-state index in [1.165, 1.54) is 4.31 Å². The molecule has 156 valence electrons. The van der Waals surface area contributed by atoms with Crippen LogP contribution >= 0.6 is 11.3 Å². The summed E-state index contributed by atoms with van der Waals surface area (Å²) in [4.78, 5) is 24.4. The molecule has 2 heterocycles. The van der Waals surface area contributed by atoms with Crippen LogP contribution in [0.2, 0.25) is 0 Å². The lowest BCUT2D eigenvalue weighted by atomic mass is 9.70. The van der Waals surface area contributed by atoms with Crippen molar-refractivity contribution in [3.63, 3.8) is 0 Å². The van der Waals surface area contributed by atoms with E-state index in [4.69, 9.17) is 11.5 Å². The molecule has 0 radical (unpaired) electrons. The molecule has 7 nitrogen and oxygen atoms in total. The minimum Gasteiger partial charge on any atom is -0.369 e. The van der Waals surface area contributed by atoms with E-state index in [1.54, 1.807) is 0 Å². The molecule has 0 unspecified atom stereocenters. The Bertz CT molecular complexity index is 882. The summed E-state index contributed by atoms with van der Waals surface area (Å²) in [5.74, 6) is -4.69. The minimum atomic E-state index is -3.87. The Balaban J connectivity index is 2.08. The molecule has 0 atom stereocenters. The van der Waals surface area contributed by atoms with Crippen molar-refractivity contribution in [3.05, 3.63) is 16.5 Å². The van der Waals surface area contributed by atoms with Gasteiger partial charge < -0.3 is 11.5 Å². The van der Waals surface area contributed by atoms with Gasteiger partial charge in [0.25, 0.3) is 10.0 Å². The van der Waals surface area contributed by atoms with Gasteiger partial charge in [0.1, 0.15) is 4.21 Å². The maximum absolute atomic E-state index is 13.7. The van der Waals surface area contributed by atoms with E-state index in [9.17, 15) is 26.8 Å². The van der Waals surface area contributed by atoms with Gasteiger partial charge in [0.2, 0.25) is 17.7 Å². The smallest absolute Gasteiger partial charge is 0.252 e. The average molecular weight is 436 g/mol. The number of halogens is 2. The third-order valence-electron chi connectivity index (χ3n) is 5.63. The number of thiophene rings is 1. The molecule has 1 aliphatic carbocycles. The number of rotatable bonds is 5. The summed E-state index contributed by atoms with van der Waals surface area (Å²) in [6, 6.07) is 1.16. The fraction of sp³-hybridized carbons (Fsp3) is 0.647. The highest BCUT2D eigenvalue weighted by Gasteiger charge is 2.50. The van der Waals surface area contributed by atoms with E-state index < -0.39 is 46.0 Å². The van der Waals surface area contributed by atoms with Gasteiger partial charge in [-0.05, 0) is 31.7 Å². The van der Waals surface area contributed by atoms with Gasteiger partial charge in [0.15, 0.2) is 0 Å². The molecule has 1 saturated heterocycles. The maximum Gasteiger partial charge on any atom is 0.252 e. The lowest BCUT2D eigenvalue weighted by Crippen LogP contribution is -2.46. The summed E-state index contributed by atoms with van der Waals surface area (Å²) in [7, 11) is -3.87. The van der Waals surface area contributed by atoms with Gasteiger partial charge in [-0.2, -0.15) is 4.31 Å². The second-order valence-electron chi connectivity index (χ2n) is 7.44. The van der Waals surface area contributed by atoms with Crippen LogP contribution in [0.4, 0.5) is 8.78 Å². The van der Waals surface area contributed by atoms with Crippen LogP contribution in [0.25, 0.3) is 0 Å². The first-order chi connectivity index (χ1) is 13.0. The van der Waals surface area contributed by atoms with Crippen LogP contribution < -0.4 is 11.5 Å². The number of piperidine rings is 1. The first-order valence-corrected chi connectivity index (χ1v) is 11.4. The van der Waals surface area contributed by atoms with Gasteiger partial charge in [-0.1, -0.05) is 6.42 Å². The van der Waals surface area contributed by atoms with E-state index in [0.717, 1.165) is 36.7 Å². The summed E-state index contributed by atoms with van der Waals surface area (Å²) < 4.78 is 54.5. The van der Waals surface area contributed by atoms with E-state index in [2.05, 4.69) is 0 Å². The van der Waals surface area contributed by atoms with Crippen molar-refractivity contribution >= 4 is 33.2 Å². The van der Waals surface area contributed by atoms with Crippen molar-refractivity contribution in [2.75, 3.05) is 13.1 Å². The van der Waals surface area contributed by atoms with Crippen molar-refractivity contribution in [3.8, 4) is 0 Å². The lowest BCUT2D eigenvalue weighted by molar-refractivity contribution is -0.128. The quantitative estimate of drug-likeness (QED) is 0.734. The number of alkyl halides is 2. The SMILES string of the molecule is NC(=O)c1cc(S(=O)(=O)N2CCCCC2)sc1C1(C(N)=O)CCC(F)(F)CC1. The molecule has 0 aromatic carbocycles. The molecule has 1 aliphatic heterocycles. The fourth-order valence-electron chi connectivity index (χ4n) is 3.89. The van der Waals surface area contributed by atoms with Crippen molar-refractivity contribution in [1.82, 2.24) is 4.31 Å². The zero-order valence-corrected chi connectivity index (χ0v) is 16.9. The Morgan fingerprint density at radius 1 is 1.04 bits per heavy atom. The first kappa shape index (κ1) is 21.1. The van der Waals surface area contributed by atoms with Gasteiger partial charge in [0.05, 0.1) is 11.0 Å². The molecule has 2 fully saturated rings. The first-order valence-electron chi connectivity index (χ1n) is 9.12. The minimum absolute atomic E-state index is 0.0820. The van der Waals surface area contributed by atoms with E-state index in [0.29, 0.717) is 13.1 Å². The van der Waals surface area contributed by atoms with Crippen LogP contribution in [0.15, 0.2) is 10.3 Å². The van der Waals surface area contributed by atoms with E-state index in [1.807, 2.05) is 0 Å². The molecule has 2 amide bonds. The number of nitrogens with zero attached hydrogens (tertiary/aromatic N) is 1. The van der Waals surface area contributed by atoms with Crippen molar-refractivity contribution in [1.29, 1.82) is 0 Å². The summed E-state index contributed by atoms with van der Waals surface area (Å²) in [6.45, 7) is 0.739. The number of amides is 2. The predicted octanol–water partition coefficient (Wildman–Crippen LogP) is 1.95. The Kier molecular flexibility index (Phi) is 5.54. The summed E-state index contributed by atoms with van der Waals surface area (Å²) in [5, 5.41) is 0. The third-order valence-corrected chi connectivity index (χ3v) is 9.31. The highest BCUT2D eigenvalue weighted by atomic mass is 32.2. The fourth-order valence-corrected chi connectivity index (χ4v) is 7.29. The van der Waals surface area contributed by atoms with Crippen LogP contribution in [0, 0.1) is 0 Å². The molecule has 3 rings (SSSR count). The molecule has 11 heteroatoms.